The third kappa shape index (κ3) is 4.08. The van der Waals surface area contributed by atoms with Gasteiger partial charge in [-0.2, -0.15) is 0 Å². The van der Waals surface area contributed by atoms with Gasteiger partial charge in [0.1, 0.15) is 11.6 Å². The van der Waals surface area contributed by atoms with Crippen molar-refractivity contribution in [2.24, 2.45) is 0 Å². The van der Waals surface area contributed by atoms with Crippen molar-refractivity contribution in [3.05, 3.63) is 64.3 Å². The van der Waals surface area contributed by atoms with Gasteiger partial charge in [0.05, 0.1) is 5.69 Å². The summed E-state index contributed by atoms with van der Waals surface area (Å²) in [4.78, 5) is 17.6. The van der Waals surface area contributed by atoms with Gasteiger partial charge in [0, 0.05) is 10.4 Å². The Kier molecular flexibility index (Phi) is 5.32. The van der Waals surface area contributed by atoms with Gasteiger partial charge in [0.25, 0.3) is 5.91 Å². The molecule has 26 heavy (non-hydrogen) atoms. The van der Waals surface area contributed by atoms with E-state index in [4.69, 9.17) is 4.74 Å². The van der Waals surface area contributed by atoms with Crippen LogP contribution in [0, 0.1) is 26.6 Å². The van der Waals surface area contributed by atoms with Gasteiger partial charge < -0.3 is 4.74 Å². The second kappa shape index (κ2) is 7.66. The summed E-state index contributed by atoms with van der Waals surface area (Å²) in [5, 5.41) is 3.25. The van der Waals surface area contributed by atoms with Crippen LogP contribution in [-0.4, -0.2) is 17.5 Å². The molecule has 0 fully saturated rings. The number of nitrogens with one attached hydrogen (secondary N) is 1. The number of amides is 1. The Labute approximate surface area is 155 Å². The monoisotopic (exact) mass is 370 g/mol. The number of ether oxygens (including phenoxy) is 1. The molecule has 0 spiro atoms. The Bertz CT molecular complexity index is 935. The summed E-state index contributed by atoms with van der Waals surface area (Å²) < 4.78 is 18.7. The van der Waals surface area contributed by atoms with Crippen LogP contribution in [0.25, 0.3) is 11.3 Å². The quantitative estimate of drug-likeness (QED) is 0.695. The predicted octanol–water partition coefficient (Wildman–Crippen LogP) is 4.89. The number of benzene rings is 2. The number of hydrogen-bond donors (Lipinski definition) is 1. The molecule has 0 aliphatic heterocycles. The molecule has 0 bridgehead atoms. The third-order valence-electron chi connectivity index (χ3n) is 4.07. The summed E-state index contributed by atoms with van der Waals surface area (Å²) in [6.07, 6.45) is 0. The molecule has 0 atom stereocenters. The minimum atomic E-state index is -0.293. The second-order valence-corrected chi connectivity index (χ2v) is 7.17. The first-order chi connectivity index (χ1) is 12.4. The van der Waals surface area contributed by atoms with Crippen molar-refractivity contribution in [3.8, 4) is 17.0 Å². The second-order valence-electron chi connectivity index (χ2n) is 5.97. The highest BCUT2D eigenvalue weighted by atomic mass is 32.1. The zero-order valence-electron chi connectivity index (χ0n) is 14.8. The number of carbonyl (C=O) groups excluding carboxylic acids is 1. The van der Waals surface area contributed by atoms with E-state index in [1.807, 2.05) is 39.0 Å². The molecule has 1 N–H and O–H groups in total. The van der Waals surface area contributed by atoms with E-state index in [9.17, 15) is 9.18 Å². The van der Waals surface area contributed by atoms with E-state index in [1.165, 1.54) is 23.5 Å². The normalized spacial score (nSPS) is 10.6. The maximum Gasteiger partial charge on any atom is 0.264 e. The summed E-state index contributed by atoms with van der Waals surface area (Å²) in [5.41, 5.74) is 3.68. The molecule has 134 valence electrons. The van der Waals surface area contributed by atoms with E-state index >= 15 is 0 Å². The van der Waals surface area contributed by atoms with Crippen LogP contribution < -0.4 is 10.1 Å². The van der Waals surface area contributed by atoms with Crippen LogP contribution in [0.1, 0.15) is 16.0 Å². The van der Waals surface area contributed by atoms with Crippen LogP contribution in [0.3, 0.4) is 0 Å². The smallest absolute Gasteiger partial charge is 0.264 e. The summed E-state index contributed by atoms with van der Waals surface area (Å²) in [6, 6.07) is 11.9. The number of halogens is 1. The van der Waals surface area contributed by atoms with Crippen molar-refractivity contribution in [2.45, 2.75) is 20.8 Å². The summed E-state index contributed by atoms with van der Waals surface area (Å²) in [6.45, 7) is 5.78. The SMILES string of the molecule is Cc1cccc(OCC(=O)Nc2nc(-c3ccc(F)cc3)c(C)s2)c1C. The Hall–Kier alpha value is -2.73. The Morgan fingerprint density at radius 2 is 1.88 bits per heavy atom. The number of nitrogens with zero attached hydrogens (tertiary/aromatic N) is 1. The highest BCUT2D eigenvalue weighted by Gasteiger charge is 2.13. The lowest BCUT2D eigenvalue weighted by molar-refractivity contribution is -0.118. The number of anilines is 1. The van der Waals surface area contributed by atoms with E-state index in [-0.39, 0.29) is 18.3 Å². The van der Waals surface area contributed by atoms with E-state index in [1.54, 1.807) is 12.1 Å². The fourth-order valence-electron chi connectivity index (χ4n) is 2.50. The lowest BCUT2D eigenvalue weighted by atomic mass is 10.1. The minimum Gasteiger partial charge on any atom is -0.483 e. The Morgan fingerprint density at radius 3 is 2.62 bits per heavy atom. The van der Waals surface area contributed by atoms with E-state index < -0.39 is 0 Å². The van der Waals surface area contributed by atoms with Crippen LogP contribution >= 0.6 is 11.3 Å². The molecule has 0 unspecified atom stereocenters. The number of hydrogen-bond acceptors (Lipinski definition) is 4. The zero-order chi connectivity index (χ0) is 18.7. The highest BCUT2D eigenvalue weighted by molar-refractivity contribution is 7.16. The number of thiazole rings is 1. The molecule has 1 aromatic heterocycles. The third-order valence-corrected chi connectivity index (χ3v) is 4.96. The van der Waals surface area contributed by atoms with Gasteiger partial charge in [-0.25, -0.2) is 9.37 Å². The standard InChI is InChI=1S/C20H19FN2O2S/c1-12-5-4-6-17(13(12)2)25-11-18(24)22-20-23-19(14(3)26-20)15-7-9-16(21)10-8-15/h4-10H,11H2,1-3H3,(H,22,23,24). The molecule has 3 aromatic rings. The average Bonchev–Trinajstić information content (AvgIpc) is 2.97. The number of rotatable bonds is 5. The van der Waals surface area contributed by atoms with Crippen LogP contribution in [0.15, 0.2) is 42.5 Å². The zero-order valence-corrected chi connectivity index (χ0v) is 15.6. The van der Waals surface area contributed by atoms with Crippen LogP contribution in [0.5, 0.6) is 5.75 Å². The van der Waals surface area contributed by atoms with Gasteiger partial charge in [-0.1, -0.05) is 12.1 Å². The van der Waals surface area contributed by atoms with Crippen LogP contribution in [-0.2, 0) is 4.79 Å². The average molecular weight is 370 g/mol. The van der Waals surface area contributed by atoms with Crippen molar-refractivity contribution in [1.82, 2.24) is 4.98 Å². The van der Waals surface area contributed by atoms with E-state index in [0.717, 1.165) is 27.3 Å². The maximum absolute atomic E-state index is 13.1. The first-order valence-corrected chi connectivity index (χ1v) is 8.98. The van der Waals surface area contributed by atoms with Crippen molar-refractivity contribution in [3.63, 3.8) is 0 Å². The molecule has 0 aliphatic carbocycles. The number of aryl methyl sites for hydroxylation is 2. The molecular formula is C20H19FN2O2S. The van der Waals surface area contributed by atoms with Gasteiger partial charge in [0.15, 0.2) is 11.7 Å². The molecule has 0 saturated carbocycles. The summed E-state index contributed by atoms with van der Waals surface area (Å²) >= 11 is 1.38. The summed E-state index contributed by atoms with van der Waals surface area (Å²) in [7, 11) is 0. The number of aromatic nitrogens is 1. The maximum atomic E-state index is 13.1. The molecular weight excluding hydrogens is 351 g/mol. The van der Waals surface area contributed by atoms with E-state index in [2.05, 4.69) is 10.3 Å². The predicted molar refractivity (Wildman–Crippen MR) is 102 cm³/mol. The molecule has 4 nitrogen and oxygen atoms in total. The lowest BCUT2D eigenvalue weighted by Crippen LogP contribution is -2.20. The van der Waals surface area contributed by atoms with Crippen LogP contribution in [0.4, 0.5) is 9.52 Å². The molecule has 0 aliphatic rings. The van der Waals surface area contributed by atoms with Gasteiger partial charge in [-0.3, -0.25) is 10.1 Å². The molecule has 0 radical (unpaired) electrons. The highest BCUT2D eigenvalue weighted by Crippen LogP contribution is 2.30. The molecule has 2 aromatic carbocycles. The summed E-state index contributed by atoms with van der Waals surface area (Å²) in [5.74, 6) is 0.131. The van der Waals surface area contributed by atoms with Gasteiger partial charge >= 0.3 is 0 Å². The van der Waals surface area contributed by atoms with Crippen molar-refractivity contribution in [1.29, 1.82) is 0 Å². The van der Waals surface area contributed by atoms with Gasteiger partial charge in [0.2, 0.25) is 0 Å². The van der Waals surface area contributed by atoms with Crippen molar-refractivity contribution >= 4 is 22.4 Å². The van der Waals surface area contributed by atoms with Gasteiger partial charge in [-0.05, 0) is 62.2 Å². The minimum absolute atomic E-state index is 0.0885. The number of carbonyl (C=O) groups is 1. The van der Waals surface area contributed by atoms with Crippen LogP contribution in [0.2, 0.25) is 0 Å². The molecule has 6 heteroatoms. The molecule has 0 saturated heterocycles. The first kappa shape index (κ1) is 18.1. The fraction of sp³-hybridized carbons (Fsp3) is 0.200. The molecule has 1 heterocycles. The topological polar surface area (TPSA) is 51.2 Å². The molecule has 3 rings (SSSR count). The first-order valence-electron chi connectivity index (χ1n) is 8.16. The largest absolute Gasteiger partial charge is 0.483 e. The van der Waals surface area contributed by atoms with Gasteiger partial charge in [-0.15, -0.1) is 11.3 Å². The van der Waals surface area contributed by atoms with Crippen molar-refractivity contribution < 1.29 is 13.9 Å². The Balaban J connectivity index is 1.65. The lowest BCUT2D eigenvalue weighted by Gasteiger charge is -2.10. The molecule has 1 amide bonds. The van der Waals surface area contributed by atoms with E-state index in [0.29, 0.717) is 10.9 Å². The van der Waals surface area contributed by atoms with Crippen molar-refractivity contribution in [2.75, 3.05) is 11.9 Å². The fourth-order valence-corrected chi connectivity index (χ4v) is 3.36. The Morgan fingerprint density at radius 1 is 1.15 bits per heavy atom.